The molecular weight excluding hydrogens is 408 g/mol. The van der Waals surface area contributed by atoms with Gasteiger partial charge < -0.3 is 4.90 Å². The van der Waals surface area contributed by atoms with E-state index < -0.39 is 17.6 Å². The molecular formula is C23H22F4N4. The second-order valence-corrected chi connectivity index (χ2v) is 7.74. The van der Waals surface area contributed by atoms with Gasteiger partial charge in [-0.25, -0.2) is 14.4 Å². The third kappa shape index (κ3) is 4.68. The van der Waals surface area contributed by atoms with Crippen molar-refractivity contribution in [1.29, 1.82) is 0 Å². The van der Waals surface area contributed by atoms with Gasteiger partial charge >= 0.3 is 6.18 Å². The van der Waals surface area contributed by atoms with Crippen LogP contribution in [0.5, 0.6) is 0 Å². The highest BCUT2D eigenvalue weighted by Crippen LogP contribution is 2.38. The molecule has 1 aromatic carbocycles. The Morgan fingerprint density at radius 3 is 2.45 bits per heavy atom. The van der Waals surface area contributed by atoms with Crippen LogP contribution in [-0.2, 0) is 19.0 Å². The van der Waals surface area contributed by atoms with Crippen molar-refractivity contribution in [1.82, 2.24) is 15.0 Å². The highest BCUT2D eigenvalue weighted by Gasteiger charge is 2.33. The molecule has 0 aliphatic carbocycles. The zero-order chi connectivity index (χ0) is 22.0. The standard InChI is InChI=1S/C23H22F4N4/c1-15-4-5-16(13-28-15)6-11-19-21(24)22(30-14-29-19)31-12-2-3-20(31)17-7-9-18(10-8-17)23(25,26)27/h4-5,7-10,13-14,20H,2-3,6,11-12H2,1H3. The predicted octanol–water partition coefficient (Wildman–Crippen LogP) is 5.46. The second-order valence-electron chi connectivity index (χ2n) is 7.74. The number of anilines is 1. The van der Waals surface area contributed by atoms with Crippen molar-refractivity contribution in [3.05, 3.63) is 82.8 Å². The molecule has 0 spiro atoms. The Morgan fingerprint density at radius 2 is 1.77 bits per heavy atom. The fraction of sp³-hybridized carbons (Fsp3) is 0.348. The third-order valence-electron chi connectivity index (χ3n) is 5.61. The van der Waals surface area contributed by atoms with Gasteiger partial charge in [0, 0.05) is 18.4 Å². The first-order chi connectivity index (χ1) is 14.8. The van der Waals surface area contributed by atoms with Gasteiger partial charge in [-0.15, -0.1) is 0 Å². The van der Waals surface area contributed by atoms with E-state index in [0.717, 1.165) is 41.8 Å². The molecule has 0 N–H and O–H groups in total. The van der Waals surface area contributed by atoms with Crippen LogP contribution < -0.4 is 4.90 Å². The van der Waals surface area contributed by atoms with Gasteiger partial charge in [0.15, 0.2) is 11.6 Å². The average molecular weight is 430 g/mol. The van der Waals surface area contributed by atoms with Gasteiger partial charge in [-0.3, -0.25) is 4.98 Å². The van der Waals surface area contributed by atoms with Gasteiger partial charge in [0.2, 0.25) is 0 Å². The number of aryl methyl sites for hydroxylation is 3. The van der Waals surface area contributed by atoms with Crippen molar-refractivity contribution in [3.63, 3.8) is 0 Å². The van der Waals surface area contributed by atoms with E-state index in [1.54, 1.807) is 6.20 Å². The maximum Gasteiger partial charge on any atom is 0.416 e. The summed E-state index contributed by atoms with van der Waals surface area (Å²) in [5.74, 6) is -0.268. The van der Waals surface area contributed by atoms with Gasteiger partial charge in [-0.05, 0) is 61.9 Å². The van der Waals surface area contributed by atoms with Crippen molar-refractivity contribution in [3.8, 4) is 0 Å². The molecule has 1 aliphatic heterocycles. The Balaban J connectivity index is 1.54. The molecule has 0 bridgehead atoms. The molecule has 4 nitrogen and oxygen atoms in total. The lowest BCUT2D eigenvalue weighted by Gasteiger charge is -2.27. The molecule has 3 aromatic rings. The van der Waals surface area contributed by atoms with E-state index in [2.05, 4.69) is 15.0 Å². The summed E-state index contributed by atoms with van der Waals surface area (Å²) in [5.41, 5.74) is 2.26. The number of aromatic nitrogens is 3. The molecule has 2 aromatic heterocycles. The summed E-state index contributed by atoms with van der Waals surface area (Å²) in [5, 5.41) is 0. The van der Waals surface area contributed by atoms with Crippen molar-refractivity contribution < 1.29 is 17.6 Å². The average Bonchev–Trinajstić information content (AvgIpc) is 3.23. The SMILES string of the molecule is Cc1ccc(CCc2ncnc(N3CCCC3c3ccc(C(F)(F)F)cc3)c2F)cn1. The number of benzene rings is 1. The van der Waals surface area contributed by atoms with Crippen LogP contribution in [0.2, 0.25) is 0 Å². The first-order valence-corrected chi connectivity index (χ1v) is 10.2. The Labute approximate surface area is 178 Å². The number of alkyl halides is 3. The van der Waals surface area contributed by atoms with Crippen LogP contribution >= 0.6 is 0 Å². The Morgan fingerprint density at radius 1 is 1.00 bits per heavy atom. The van der Waals surface area contributed by atoms with Gasteiger partial charge in [0.1, 0.15) is 6.33 Å². The summed E-state index contributed by atoms with van der Waals surface area (Å²) in [4.78, 5) is 14.4. The first-order valence-electron chi connectivity index (χ1n) is 10.2. The number of pyridine rings is 1. The van der Waals surface area contributed by atoms with Gasteiger partial charge in [-0.2, -0.15) is 13.2 Å². The van der Waals surface area contributed by atoms with Crippen LogP contribution in [0.3, 0.4) is 0 Å². The van der Waals surface area contributed by atoms with E-state index in [9.17, 15) is 13.2 Å². The molecule has 8 heteroatoms. The molecule has 1 fully saturated rings. The zero-order valence-corrected chi connectivity index (χ0v) is 17.0. The highest BCUT2D eigenvalue weighted by molar-refractivity contribution is 5.46. The van der Waals surface area contributed by atoms with Gasteiger partial charge in [0.25, 0.3) is 0 Å². The molecule has 3 heterocycles. The van der Waals surface area contributed by atoms with E-state index in [0.29, 0.717) is 25.1 Å². The lowest BCUT2D eigenvalue weighted by molar-refractivity contribution is -0.137. The van der Waals surface area contributed by atoms with E-state index in [1.165, 1.54) is 18.5 Å². The highest BCUT2D eigenvalue weighted by atomic mass is 19.4. The van der Waals surface area contributed by atoms with Crippen molar-refractivity contribution >= 4 is 5.82 Å². The monoisotopic (exact) mass is 430 g/mol. The first kappa shape index (κ1) is 21.2. The van der Waals surface area contributed by atoms with Gasteiger partial charge in [0.05, 0.1) is 17.3 Å². The van der Waals surface area contributed by atoms with E-state index in [-0.39, 0.29) is 11.9 Å². The minimum Gasteiger partial charge on any atom is -0.347 e. The van der Waals surface area contributed by atoms with Crippen LogP contribution in [0.25, 0.3) is 0 Å². The molecule has 162 valence electrons. The fourth-order valence-corrected chi connectivity index (χ4v) is 3.94. The summed E-state index contributed by atoms with van der Waals surface area (Å²) >= 11 is 0. The largest absolute Gasteiger partial charge is 0.416 e. The zero-order valence-electron chi connectivity index (χ0n) is 17.0. The summed E-state index contributed by atoms with van der Waals surface area (Å²) in [7, 11) is 0. The Hall–Kier alpha value is -3.03. The molecule has 0 saturated carbocycles. The lowest BCUT2D eigenvalue weighted by Crippen LogP contribution is -2.25. The van der Waals surface area contributed by atoms with Crippen LogP contribution in [0.1, 0.15) is 47.0 Å². The van der Waals surface area contributed by atoms with Crippen LogP contribution in [0, 0.1) is 12.7 Å². The van der Waals surface area contributed by atoms with Crippen molar-refractivity contribution in [2.24, 2.45) is 0 Å². The molecule has 0 radical (unpaired) electrons. The predicted molar refractivity (Wildman–Crippen MR) is 109 cm³/mol. The van der Waals surface area contributed by atoms with Crippen LogP contribution in [-0.4, -0.2) is 21.5 Å². The van der Waals surface area contributed by atoms with Crippen molar-refractivity contribution in [2.75, 3.05) is 11.4 Å². The van der Waals surface area contributed by atoms with Crippen LogP contribution in [0.15, 0.2) is 48.9 Å². The normalized spacial score (nSPS) is 16.7. The molecule has 4 rings (SSSR count). The van der Waals surface area contributed by atoms with Crippen molar-refractivity contribution in [2.45, 2.75) is 44.8 Å². The Kier molecular flexibility index (Phi) is 5.89. The molecule has 1 aliphatic rings. The number of halogens is 4. The second kappa shape index (κ2) is 8.61. The summed E-state index contributed by atoms with van der Waals surface area (Å²) in [6, 6.07) is 8.74. The molecule has 31 heavy (non-hydrogen) atoms. The Bertz CT molecular complexity index is 1030. The fourth-order valence-electron chi connectivity index (χ4n) is 3.94. The molecule has 1 unspecified atom stereocenters. The minimum absolute atomic E-state index is 0.203. The lowest BCUT2D eigenvalue weighted by atomic mass is 10.0. The summed E-state index contributed by atoms with van der Waals surface area (Å²) in [6.07, 6.45) is 1.28. The number of rotatable bonds is 5. The molecule has 0 amide bonds. The minimum atomic E-state index is -4.38. The summed E-state index contributed by atoms with van der Waals surface area (Å²) in [6.45, 7) is 2.49. The van der Waals surface area contributed by atoms with Crippen LogP contribution in [0.4, 0.5) is 23.4 Å². The molecule has 1 atom stereocenters. The maximum absolute atomic E-state index is 15.3. The topological polar surface area (TPSA) is 41.9 Å². The number of hydrogen-bond acceptors (Lipinski definition) is 4. The van der Waals surface area contributed by atoms with E-state index in [1.807, 2.05) is 24.0 Å². The number of hydrogen-bond donors (Lipinski definition) is 0. The molecule has 1 saturated heterocycles. The van der Waals surface area contributed by atoms with E-state index in [4.69, 9.17) is 0 Å². The summed E-state index contributed by atoms with van der Waals surface area (Å²) < 4.78 is 53.9. The third-order valence-corrected chi connectivity index (χ3v) is 5.61. The number of nitrogens with zero attached hydrogens (tertiary/aromatic N) is 4. The van der Waals surface area contributed by atoms with Gasteiger partial charge in [-0.1, -0.05) is 18.2 Å². The van der Waals surface area contributed by atoms with E-state index >= 15 is 4.39 Å². The maximum atomic E-state index is 15.3. The quantitative estimate of drug-likeness (QED) is 0.504. The smallest absolute Gasteiger partial charge is 0.347 e.